The van der Waals surface area contributed by atoms with Gasteiger partial charge in [-0.2, -0.15) is 5.26 Å². The Balaban J connectivity index is 1.75. The molecule has 1 saturated heterocycles. The van der Waals surface area contributed by atoms with Gasteiger partial charge in [-0.1, -0.05) is 18.9 Å². The van der Waals surface area contributed by atoms with E-state index in [0.717, 1.165) is 38.8 Å². The maximum atomic E-state index is 12.6. The molecule has 0 atom stereocenters. The van der Waals surface area contributed by atoms with E-state index in [1.807, 2.05) is 11.0 Å². The van der Waals surface area contributed by atoms with Gasteiger partial charge in [0.1, 0.15) is 0 Å². The largest absolute Gasteiger partial charge is 0.339 e. The third-order valence-corrected chi connectivity index (χ3v) is 5.95. The Morgan fingerprint density at radius 1 is 1.00 bits per heavy atom. The number of sulfonamides is 1. The van der Waals surface area contributed by atoms with Gasteiger partial charge in [-0.15, -0.1) is 0 Å². The number of hydrogen-bond donors (Lipinski definition) is 1. The molecule has 1 aliphatic rings. The van der Waals surface area contributed by atoms with E-state index in [-0.39, 0.29) is 10.8 Å². The zero-order valence-corrected chi connectivity index (χ0v) is 15.7. The van der Waals surface area contributed by atoms with Crippen molar-refractivity contribution in [1.29, 1.82) is 5.26 Å². The first-order valence-electron chi connectivity index (χ1n) is 8.92. The van der Waals surface area contributed by atoms with Crippen LogP contribution in [-0.4, -0.2) is 32.3 Å². The number of carbonyl (C=O) groups is 1. The van der Waals surface area contributed by atoms with Gasteiger partial charge < -0.3 is 4.90 Å². The lowest BCUT2D eigenvalue weighted by molar-refractivity contribution is 0.0761. The van der Waals surface area contributed by atoms with Gasteiger partial charge in [0, 0.05) is 18.7 Å². The first-order chi connectivity index (χ1) is 13.0. The van der Waals surface area contributed by atoms with Crippen LogP contribution in [0.5, 0.6) is 0 Å². The number of nitrogens with zero attached hydrogens (tertiary/aromatic N) is 2. The predicted molar refractivity (Wildman–Crippen MR) is 103 cm³/mol. The van der Waals surface area contributed by atoms with Crippen LogP contribution in [0, 0.1) is 11.3 Å². The molecule has 2 aromatic rings. The van der Waals surface area contributed by atoms with E-state index in [9.17, 15) is 13.2 Å². The first kappa shape index (κ1) is 18.9. The summed E-state index contributed by atoms with van der Waals surface area (Å²) >= 11 is 0. The maximum absolute atomic E-state index is 12.6. The normalized spacial score (nSPS) is 14.9. The summed E-state index contributed by atoms with van der Waals surface area (Å²) in [5, 5.41) is 8.92. The predicted octanol–water partition coefficient (Wildman–Crippen LogP) is 3.38. The average molecular weight is 383 g/mol. The fourth-order valence-corrected chi connectivity index (χ4v) is 4.15. The Morgan fingerprint density at radius 2 is 1.67 bits per heavy atom. The van der Waals surface area contributed by atoms with Crippen molar-refractivity contribution in [2.45, 2.75) is 30.6 Å². The molecule has 0 saturated carbocycles. The summed E-state index contributed by atoms with van der Waals surface area (Å²) < 4.78 is 27.5. The van der Waals surface area contributed by atoms with Crippen molar-refractivity contribution in [2.24, 2.45) is 0 Å². The molecule has 0 aromatic heterocycles. The number of carbonyl (C=O) groups excluding carboxylic acids is 1. The molecule has 1 N–H and O–H groups in total. The second-order valence-electron chi connectivity index (χ2n) is 6.53. The highest BCUT2D eigenvalue weighted by Crippen LogP contribution is 2.19. The number of anilines is 1. The molecule has 27 heavy (non-hydrogen) atoms. The van der Waals surface area contributed by atoms with E-state index >= 15 is 0 Å². The molecule has 0 unspecified atom stereocenters. The van der Waals surface area contributed by atoms with Crippen LogP contribution in [0.3, 0.4) is 0 Å². The van der Waals surface area contributed by atoms with Crippen molar-refractivity contribution in [3.05, 3.63) is 59.7 Å². The van der Waals surface area contributed by atoms with E-state index < -0.39 is 10.0 Å². The van der Waals surface area contributed by atoms with Crippen LogP contribution in [0.15, 0.2) is 53.4 Å². The Hall–Kier alpha value is -2.85. The first-order valence-corrected chi connectivity index (χ1v) is 10.4. The van der Waals surface area contributed by atoms with E-state index in [2.05, 4.69) is 4.72 Å². The zero-order valence-electron chi connectivity index (χ0n) is 14.9. The average Bonchev–Trinajstić information content (AvgIpc) is 2.97. The number of hydrogen-bond acceptors (Lipinski definition) is 4. The van der Waals surface area contributed by atoms with Crippen molar-refractivity contribution in [1.82, 2.24) is 4.90 Å². The summed E-state index contributed by atoms with van der Waals surface area (Å²) in [7, 11) is -3.80. The van der Waals surface area contributed by atoms with Gasteiger partial charge in [-0.3, -0.25) is 9.52 Å². The smallest absolute Gasteiger partial charge is 0.261 e. The molecule has 3 rings (SSSR count). The highest BCUT2D eigenvalue weighted by molar-refractivity contribution is 7.92. The summed E-state index contributed by atoms with van der Waals surface area (Å²) in [5.74, 6) is -0.0597. The second-order valence-corrected chi connectivity index (χ2v) is 8.21. The molecule has 0 radical (unpaired) electrons. The summed E-state index contributed by atoms with van der Waals surface area (Å²) in [6.07, 6.45) is 4.28. The van der Waals surface area contributed by atoms with Crippen molar-refractivity contribution >= 4 is 21.6 Å². The number of benzene rings is 2. The SMILES string of the molecule is N#Cc1cccc(NS(=O)(=O)c2ccc(C(=O)N3CCCCCC3)cc2)c1. The number of nitriles is 1. The maximum Gasteiger partial charge on any atom is 0.261 e. The highest BCUT2D eigenvalue weighted by Gasteiger charge is 2.19. The monoisotopic (exact) mass is 383 g/mol. The molecule has 1 aliphatic heterocycles. The molecular weight excluding hydrogens is 362 g/mol. The van der Waals surface area contributed by atoms with Crippen LogP contribution < -0.4 is 4.72 Å². The van der Waals surface area contributed by atoms with Crippen LogP contribution in [0.4, 0.5) is 5.69 Å². The minimum atomic E-state index is -3.80. The highest BCUT2D eigenvalue weighted by atomic mass is 32.2. The lowest BCUT2D eigenvalue weighted by atomic mass is 10.2. The van der Waals surface area contributed by atoms with E-state index in [1.54, 1.807) is 30.3 Å². The quantitative estimate of drug-likeness (QED) is 0.876. The van der Waals surface area contributed by atoms with Gasteiger partial charge in [0.2, 0.25) is 0 Å². The van der Waals surface area contributed by atoms with Gasteiger partial charge in [0.25, 0.3) is 15.9 Å². The number of rotatable bonds is 4. The lowest BCUT2D eigenvalue weighted by Crippen LogP contribution is -2.31. The molecule has 1 fully saturated rings. The summed E-state index contributed by atoms with van der Waals surface area (Å²) in [5.41, 5.74) is 1.18. The zero-order chi connectivity index (χ0) is 19.3. The number of nitrogens with one attached hydrogen (secondary N) is 1. The third kappa shape index (κ3) is 4.66. The Labute approximate surface area is 159 Å². The molecule has 140 valence electrons. The standard InChI is InChI=1S/C20H21N3O3S/c21-15-16-6-5-7-18(14-16)22-27(25,26)19-10-8-17(9-11-19)20(24)23-12-3-1-2-4-13-23/h5-11,14,22H,1-4,12-13H2. The van der Waals surface area contributed by atoms with Crippen molar-refractivity contribution < 1.29 is 13.2 Å². The van der Waals surface area contributed by atoms with Crippen molar-refractivity contribution in [3.8, 4) is 6.07 Å². The molecule has 1 amide bonds. The summed E-state index contributed by atoms with van der Waals surface area (Å²) in [6.45, 7) is 1.49. The van der Waals surface area contributed by atoms with E-state index in [1.165, 1.54) is 18.2 Å². The molecule has 0 bridgehead atoms. The fourth-order valence-electron chi connectivity index (χ4n) is 3.10. The Kier molecular flexibility index (Phi) is 5.77. The van der Waals surface area contributed by atoms with Crippen molar-refractivity contribution in [2.75, 3.05) is 17.8 Å². The van der Waals surface area contributed by atoms with Crippen LogP contribution in [0.2, 0.25) is 0 Å². The van der Waals surface area contributed by atoms with Gasteiger partial charge in [-0.05, 0) is 55.3 Å². The number of likely N-dealkylation sites (tertiary alicyclic amines) is 1. The Morgan fingerprint density at radius 3 is 2.30 bits per heavy atom. The Bertz CT molecular complexity index is 955. The number of amides is 1. The topological polar surface area (TPSA) is 90.3 Å². The molecule has 2 aromatic carbocycles. The van der Waals surface area contributed by atoms with Gasteiger partial charge in [0.15, 0.2) is 0 Å². The fraction of sp³-hybridized carbons (Fsp3) is 0.300. The minimum Gasteiger partial charge on any atom is -0.339 e. The van der Waals surface area contributed by atoms with Gasteiger partial charge in [0.05, 0.1) is 22.2 Å². The molecule has 6 nitrogen and oxygen atoms in total. The second kappa shape index (κ2) is 8.23. The van der Waals surface area contributed by atoms with E-state index in [0.29, 0.717) is 16.8 Å². The van der Waals surface area contributed by atoms with Crippen LogP contribution in [-0.2, 0) is 10.0 Å². The van der Waals surface area contributed by atoms with E-state index in [4.69, 9.17) is 5.26 Å². The summed E-state index contributed by atoms with van der Waals surface area (Å²) in [6, 6.07) is 14.2. The molecule has 1 heterocycles. The van der Waals surface area contributed by atoms with Crippen LogP contribution in [0.25, 0.3) is 0 Å². The van der Waals surface area contributed by atoms with Crippen molar-refractivity contribution in [3.63, 3.8) is 0 Å². The third-order valence-electron chi connectivity index (χ3n) is 4.55. The van der Waals surface area contributed by atoms with Crippen LogP contribution >= 0.6 is 0 Å². The molecule has 0 aliphatic carbocycles. The summed E-state index contributed by atoms with van der Waals surface area (Å²) in [4.78, 5) is 14.5. The molecule has 7 heteroatoms. The lowest BCUT2D eigenvalue weighted by Gasteiger charge is -2.20. The minimum absolute atomic E-state index is 0.0597. The molecule has 0 spiro atoms. The van der Waals surface area contributed by atoms with Gasteiger partial charge in [-0.25, -0.2) is 8.42 Å². The molecular formula is C20H21N3O3S. The van der Waals surface area contributed by atoms with Crippen LogP contribution in [0.1, 0.15) is 41.6 Å². The van der Waals surface area contributed by atoms with Gasteiger partial charge >= 0.3 is 0 Å².